The van der Waals surface area contributed by atoms with Gasteiger partial charge in [-0.2, -0.15) is 0 Å². The monoisotopic (exact) mass is 516 g/mol. The number of rotatable bonds is 8. The number of urea groups is 1. The number of carbonyl (C=O) groups excluding carboxylic acids is 3. The fourth-order valence-electron chi connectivity index (χ4n) is 4.12. The first-order valence-corrected chi connectivity index (χ1v) is 11.9. The molecular weight excluding hydrogens is 488 g/mol. The highest BCUT2D eigenvalue weighted by atomic mass is 16.6. The standard InChI is InChI=1S/C29H28N2O7/c1-19-25(27(32)37-17-20-10-6-4-7-11-20)26(22-14-15-23(35-2)24(16-22)36-3)31(28(33)30-19)29(34)38-18-21-12-8-5-9-13-21/h4-16,26H,17-18H2,1-3H3,(H,30,33). The maximum Gasteiger partial charge on any atom is 0.419 e. The van der Waals surface area contributed by atoms with Crippen molar-refractivity contribution in [3.63, 3.8) is 0 Å². The Morgan fingerprint density at radius 2 is 1.39 bits per heavy atom. The van der Waals surface area contributed by atoms with Crippen molar-refractivity contribution in [3.05, 3.63) is 107 Å². The first-order valence-electron chi connectivity index (χ1n) is 11.9. The van der Waals surface area contributed by atoms with Crippen LogP contribution in [0, 0.1) is 0 Å². The minimum atomic E-state index is -1.14. The van der Waals surface area contributed by atoms with Gasteiger partial charge in [0, 0.05) is 5.70 Å². The molecule has 1 aliphatic heterocycles. The maximum absolute atomic E-state index is 13.4. The lowest BCUT2D eigenvalue weighted by Crippen LogP contribution is -2.51. The lowest BCUT2D eigenvalue weighted by Gasteiger charge is -2.35. The molecule has 0 aromatic heterocycles. The van der Waals surface area contributed by atoms with Gasteiger partial charge in [0.1, 0.15) is 19.3 Å². The van der Waals surface area contributed by atoms with E-state index in [0.717, 1.165) is 16.0 Å². The highest BCUT2D eigenvalue weighted by Crippen LogP contribution is 2.39. The summed E-state index contributed by atoms with van der Waals surface area (Å²) in [6.45, 7) is 1.54. The third-order valence-electron chi connectivity index (χ3n) is 6.01. The Bertz CT molecular complexity index is 1340. The summed E-state index contributed by atoms with van der Waals surface area (Å²) in [5, 5.41) is 2.60. The summed E-state index contributed by atoms with van der Waals surface area (Å²) in [5.74, 6) is 0.124. The number of methoxy groups -OCH3 is 2. The van der Waals surface area contributed by atoms with Crippen LogP contribution in [0.4, 0.5) is 9.59 Å². The van der Waals surface area contributed by atoms with Gasteiger partial charge in [-0.15, -0.1) is 0 Å². The number of amides is 3. The molecule has 9 heteroatoms. The number of hydrogen-bond acceptors (Lipinski definition) is 7. The van der Waals surface area contributed by atoms with Gasteiger partial charge in [-0.1, -0.05) is 66.7 Å². The highest BCUT2D eigenvalue weighted by molar-refractivity contribution is 6.00. The van der Waals surface area contributed by atoms with Crippen molar-refractivity contribution in [1.82, 2.24) is 10.2 Å². The van der Waals surface area contributed by atoms with E-state index >= 15 is 0 Å². The predicted molar refractivity (Wildman–Crippen MR) is 138 cm³/mol. The van der Waals surface area contributed by atoms with E-state index in [4.69, 9.17) is 18.9 Å². The number of benzene rings is 3. The van der Waals surface area contributed by atoms with E-state index < -0.39 is 24.1 Å². The van der Waals surface area contributed by atoms with Crippen LogP contribution < -0.4 is 14.8 Å². The predicted octanol–water partition coefficient (Wildman–Crippen LogP) is 5.12. The van der Waals surface area contributed by atoms with Gasteiger partial charge >= 0.3 is 18.1 Å². The van der Waals surface area contributed by atoms with Crippen molar-refractivity contribution in [2.75, 3.05) is 14.2 Å². The fraction of sp³-hybridized carbons (Fsp3) is 0.207. The van der Waals surface area contributed by atoms with Crippen molar-refractivity contribution in [2.24, 2.45) is 0 Å². The molecule has 1 unspecified atom stereocenters. The molecule has 3 amide bonds. The summed E-state index contributed by atoms with van der Waals surface area (Å²) in [7, 11) is 2.96. The van der Waals surface area contributed by atoms with Crippen LogP contribution in [0.15, 0.2) is 90.1 Å². The average Bonchev–Trinajstić information content (AvgIpc) is 2.95. The maximum atomic E-state index is 13.4. The zero-order chi connectivity index (χ0) is 27.1. The van der Waals surface area contributed by atoms with Crippen LogP contribution in [0.1, 0.15) is 29.7 Å². The molecule has 0 saturated heterocycles. The van der Waals surface area contributed by atoms with Crippen LogP contribution >= 0.6 is 0 Å². The summed E-state index contributed by atoms with van der Waals surface area (Å²) >= 11 is 0. The van der Waals surface area contributed by atoms with Gasteiger partial charge in [0.25, 0.3) is 0 Å². The first kappa shape index (κ1) is 26.3. The lowest BCUT2D eigenvalue weighted by molar-refractivity contribution is -0.141. The van der Waals surface area contributed by atoms with E-state index in [1.807, 2.05) is 48.5 Å². The molecule has 0 aliphatic carbocycles. The Morgan fingerprint density at radius 3 is 1.97 bits per heavy atom. The van der Waals surface area contributed by atoms with Gasteiger partial charge in [0.2, 0.25) is 0 Å². The summed E-state index contributed by atoms with van der Waals surface area (Å²) in [4.78, 5) is 40.8. The second-order valence-corrected chi connectivity index (χ2v) is 8.46. The number of imide groups is 1. The van der Waals surface area contributed by atoms with Crippen LogP contribution in [0.3, 0.4) is 0 Å². The van der Waals surface area contributed by atoms with Crippen LogP contribution in [-0.2, 0) is 27.5 Å². The molecule has 1 heterocycles. The number of esters is 1. The molecule has 0 bridgehead atoms. The number of hydrogen-bond donors (Lipinski definition) is 1. The Hall–Kier alpha value is -4.79. The molecule has 0 saturated carbocycles. The molecule has 0 radical (unpaired) electrons. The van der Waals surface area contributed by atoms with Gasteiger partial charge in [0.15, 0.2) is 11.5 Å². The van der Waals surface area contributed by atoms with Crippen molar-refractivity contribution in [2.45, 2.75) is 26.2 Å². The van der Waals surface area contributed by atoms with Crippen molar-refractivity contribution in [1.29, 1.82) is 0 Å². The van der Waals surface area contributed by atoms with E-state index in [1.54, 1.807) is 37.3 Å². The Morgan fingerprint density at radius 1 is 0.816 bits per heavy atom. The van der Waals surface area contributed by atoms with Crippen LogP contribution in [0.25, 0.3) is 0 Å². The Labute approximate surface area is 220 Å². The van der Waals surface area contributed by atoms with Gasteiger partial charge in [-0.25, -0.2) is 19.3 Å². The van der Waals surface area contributed by atoms with Crippen LogP contribution in [-0.4, -0.2) is 37.2 Å². The minimum absolute atomic E-state index is 0.0154. The van der Waals surface area contributed by atoms with E-state index in [2.05, 4.69) is 5.32 Å². The van der Waals surface area contributed by atoms with Gasteiger partial charge in [-0.3, -0.25) is 0 Å². The summed E-state index contributed by atoms with van der Waals surface area (Å²) < 4.78 is 21.8. The molecule has 4 rings (SSSR count). The molecule has 1 N–H and O–H groups in total. The first-order chi connectivity index (χ1) is 18.4. The third kappa shape index (κ3) is 5.78. The topological polar surface area (TPSA) is 103 Å². The molecular formula is C29H28N2O7. The highest BCUT2D eigenvalue weighted by Gasteiger charge is 2.43. The number of carbonyl (C=O) groups is 3. The van der Waals surface area contributed by atoms with Gasteiger partial charge in [-0.05, 0) is 35.7 Å². The van der Waals surface area contributed by atoms with E-state index in [0.29, 0.717) is 17.1 Å². The molecule has 3 aromatic carbocycles. The quantitative estimate of drug-likeness (QED) is 0.414. The largest absolute Gasteiger partial charge is 0.493 e. The SMILES string of the molecule is COc1ccc(C2C(C(=O)OCc3ccccc3)=C(C)NC(=O)N2C(=O)OCc2ccccc2)cc1OC. The number of nitrogens with zero attached hydrogens (tertiary/aromatic N) is 1. The van der Waals surface area contributed by atoms with Crippen molar-refractivity contribution in [3.8, 4) is 11.5 Å². The van der Waals surface area contributed by atoms with Crippen molar-refractivity contribution >= 4 is 18.1 Å². The molecule has 3 aromatic rings. The number of nitrogens with one attached hydrogen (secondary N) is 1. The van der Waals surface area contributed by atoms with E-state index in [1.165, 1.54) is 14.2 Å². The number of allylic oxidation sites excluding steroid dienone is 1. The summed E-state index contributed by atoms with van der Waals surface area (Å²) in [6, 6.07) is 21.3. The van der Waals surface area contributed by atoms with E-state index in [-0.39, 0.29) is 24.5 Å². The molecule has 196 valence electrons. The van der Waals surface area contributed by atoms with Crippen LogP contribution in [0.5, 0.6) is 11.5 Å². The molecule has 1 aliphatic rings. The number of ether oxygens (including phenoxy) is 4. The molecule has 1 atom stereocenters. The normalized spacial score (nSPS) is 15.0. The van der Waals surface area contributed by atoms with Crippen molar-refractivity contribution < 1.29 is 33.3 Å². The van der Waals surface area contributed by atoms with Gasteiger partial charge in [0.05, 0.1) is 19.8 Å². The zero-order valence-electron chi connectivity index (χ0n) is 21.3. The molecule has 9 nitrogen and oxygen atoms in total. The Kier molecular flexibility index (Phi) is 8.27. The third-order valence-corrected chi connectivity index (χ3v) is 6.01. The van der Waals surface area contributed by atoms with Crippen LogP contribution in [0.2, 0.25) is 0 Å². The fourth-order valence-corrected chi connectivity index (χ4v) is 4.12. The minimum Gasteiger partial charge on any atom is -0.493 e. The Balaban J connectivity index is 1.70. The zero-order valence-corrected chi connectivity index (χ0v) is 21.3. The van der Waals surface area contributed by atoms with E-state index in [9.17, 15) is 14.4 Å². The molecule has 38 heavy (non-hydrogen) atoms. The smallest absolute Gasteiger partial charge is 0.419 e. The average molecular weight is 517 g/mol. The second-order valence-electron chi connectivity index (χ2n) is 8.46. The molecule has 0 spiro atoms. The van der Waals surface area contributed by atoms with Gasteiger partial charge < -0.3 is 24.3 Å². The summed E-state index contributed by atoms with van der Waals surface area (Å²) in [5.41, 5.74) is 2.32. The lowest BCUT2D eigenvalue weighted by atomic mass is 9.93. The second kappa shape index (κ2) is 12.0. The molecule has 0 fully saturated rings. The summed E-state index contributed by atoms with van der Waals surface area (Å²) in [6.07, 6.45) is -0.924.